The molecule has 4 nitrogen and oxygen atoms in total. The first-order valence-electron chi connectivity index (χ1n) is 4.54. The van der Waals surface area contributed by atoms with Gasteiger partial charge in [-0.2, -0.15) is 0 Å². The van der Waals surface area contributed by atoms with Crippen molar-refractivity contribution in [1.29, 1.82) is 0 Å². The average molecular weight is 209 g/mol. The van der Waals surface area contributed by atoms with E-state index in [1.807, 2.05) is 6.92 Å². The van der Waals surface area contributed by atoms with E-state index in [9.17, 15) is 4.79 Å². The lowest BCUT2D eigenvalue weighted by Gasteiger charge is -2.13. The van der Waals surface area contributed by atoms with Crippen LogP contribution in [0.25, 0.3) is 0 Å². The van der Waals surface area contributed by atoms with Gasteiger partial charge >= 0.3 is 5.97 Å². The first kappa shape index (κ1) is 11.4. The molecule has 0 atom stereocenters. The molecule has 1 aromatic rings. The van der Waals surface area contributed by atoms with Crippen LogP contribution in [0.2, 0.25) is 0 Å². The molecule has 2 N–H and O–H groups in total. The standard InChI is InChI=1S/C11H15NO3/c1-6-5-8(14-3)9(11(13)15-4)7(2)10(6)12/h5H,12H2,1-4H3. The summed E-state index contributed by atoms with van der Waals surface area (Å²) >= 11 is 0. The van der Waals surface area contributed by atoms with Crippen LogP contribution in [0.4, 0.5) is 5.69 Å². The summed E-state index contributed by atoms with van der Waals surface area (Å²) in [7, 11) is 2.84. The van der Waals surface area contributed by atoms with Gasteiger partial charge in [-0.25, -0.2) is 4.79 Å². The molecule has 0 spiro atoms. The van der Waals surface area contributed by atoms with Crippen molar-refractivity contribution in [3.8, 4) is 5.75 Å². The Bertz CT molecular complexity index is 399. The van der Waals surface area contributed by atoms with Gasteiger partial charge in [0.2, 0.25) is 0 Å². The minimum Gasteiger partial charge on any atom is -0.496 e. The number of hydrogen-bond donors (Lipinski definition) is 1. The van der Waals surface area contributed by atoms with Crippen LogP contribution < -0.4 is 10.5 Å². The van der Waals surface area contributed by atoms with Crippen LogP contribution in [0.3, 0.4) is 0 Å². The molecule has 0 aromatic heterocycles. The summed E-state index contributed by atoms with van der Waals surface area (Å²) in [4.78, 5) is 11.5. The van der Waals surface area contributed by atoms with Crippen molar-refractivity contribution in [1.82, 2.24) is 0 Å². The molecule has 0 saturated carbocycles. The van der Waals surface area contributed by atoms with E-state index in [1.54, 1.807) is 13.0 Å². The number of rotatable bonds is 2. The lowest BCUT2D eigenvalue weighted by molar-refractivity contribution is 0.0596. The minimum atomic E-state index is -0.434. The number of methoxy groups -OCH3 is 2. The molecule has 0 unspecified atom stereocenters. The number of esters is 1. The maximum Gasteiger partial charge on any atom is 0.341 e. The maximum absolute atomic E-state index is 11.5. The lowest BCUT2D eigenvalue weighted by atomic mass is 10.0. The number of nitrogen functional groups attached to an aromatic ring is 1. The van der Waals surface area contributed by atoms with E-state index >= 15 is 0 Å². The van der Waals surface area contributed by atoms with Crippen molar-refractivity contribution >= 4 is 11.7 Å². The number of carbonyl (C=O) groups is 1. The van der Waals surface area contributed by atoms with Gasteiger partial charge in [0, 0.05) is 5.69 Å². The highest BCUT2D eigenvalue weighted by Gasteiger charge is 2.19. The van der Waals surface area contributed by atoms with E-state index in [4.69, 9.17) is 10.5 Å². The predicted molar refractivity (Wildman–Crippen MR) is 58.2 cm³/mol. The Balaban J connectivity index is 3.47. The van der Waals surface area contributed by atoms with E-state index in [-0.39, 0.29) is 0 Å². The molecule has 4 heteroatoms. The van der Waals surface area contributed by atoms with Crippen molar-refractivity contribution in [2.24, 2.45) is 0 Å². The van der Waals surface area contributed by atoms with Crippen molar-refractivity contribution in [2.45, 2.75) is 13.8 Å². The second-order valence-corrected chi connectivity index (χ2v) is 3.30. The second kappa shape index (κ2) is 4.21. The lowest BCUT2D eigenvalue weighted by Crippen LogP contribution is -2.09. The smallest absolute Gasteiger partial charge is 0.341 e. The monoisotopic (exact) mass is 209 g/mol. The summed E-state index contributed by atoms with van der Waals surface area (Å²) in [6.45, 7) is 3.64. The highest BCUT2D eigenvalue weighted by atomic mass is 16.5. The third-order valence-electron chi connectivity index (χ3n) is 2.41. The molecular formula is C11H15NO3. The van der Waals surface area contributed by atoms with E-state index < -0.39 is 5.97 Å². The fourth-order valence-corrected chi connectivity index (χ4v) is 1.48. The van der Waals surface area contributed by atoms with Crippen LogP contribution >= 0.6 is 0 Å². The Labute approximate surface area is 89.0 Å². The zero-order chi connectivity index (χ0) is 11.6. The zero-order valence-electron chi connectivity index (χ0n) is 9.38. The average Bonchev–Trinajstić information content (AvgIpc) is 2.24. The van der Waals surface area contributed by atoms with Crippen molar-refractivity contribution in [3.63, 3.8) is 0 Å². The van der Waals surface area contributed by atoms with Gasteiger partial charge in [0.05, 0.1) is 14.2 Å². The molecule has 0 aliphatic heterocycles. The molecule has 0 aliphatic rings. The van der Waals surface area contributed by atoms with Crippen molar-refractivity contribution in [3.05, 3.63) is 22.8 Å². The summed E-state index contributed by atoms with van der Waals surface area (Å²) in [6.07, 6.45) is 0. The summed E-state index contributed by atoms with van der Waals surface area (Å²) in [5.41, 5.74) is 8.40. The van der Waals surface area contributed by atoms with Crippen LogP contribution in [0.1, 0.15) is 21.5 Å². The molecule has 0 heterocycles. The second-order valence-electron chi connectivity index (χ2n) is 3.30. The number of ether oxygens (including phenoxy) is 2. The Morgan fingerprint density at radius 2 is 1.93 bits per heavy atom. The molecule has 0 saturated heterocycles. The van der Waals surface area contributed by atoms with Crippen molar-refractivity contribution in [2.75, 3.05) is 20.0 Å². The normalized spacial score (nSPS) is 9.87. The number of anilines is 1. The van der Waals surface area contributed by atoms with Gasteiger partial charge in [-0.05, 0) is 31.0 Å². The number of aryl methyl sites for hydroxylation is 1. The highest BCUT2D eigenvalue weighted by Crippen LogP contribution is 2.30. The quantitative estimate of drug-likeness (QED) is 0.594. The Morgan fingerprint density at radius 3 is 2.40 bits per heavy atom. The van der Waals surface area contributed by atoms with Gasteiger partial charge in [0.15, 0.2) is 0 Å². The van der Waals surface area contributed by atoms with Crippen LogP contribution in [0.15, 0.2) is 6.07 Å². The van der Waals surface area contributed by atoms with Gasteiger partial charge < -0.3 is 15.2 Å². The molecule has 0 aliphatic carbocycles. The Morgan fingerprint density at radius 1 is 1.33 bits per heavy atom. The number of hydrogen-bond acceptors (Lipinski definition) is 4. The van der Waals surface area contributed by atoms with Crippen LogP contribution in [-0.4, -0.2) is 20.2 Å². The Kier molecular flexibility index (Phi) is 3.19. The number of benzene rings is 1. The van der Waals surface area contributed by atoms with E-state index in [0.717, 1.165) is 5.56 Å². The first-order chi connectivity index (χ1) is 7.02. The van der Waals surface area contributed by atoms with Gasteiger partial charge in [0.1, 0.15) is 11.3 Å². The van der Waals surface area contributed by atoms with Crippen molar-refractivity contribution < 1.29 is 14.3 Å². The predicted octanol–water partition coefficient (Wildman–Crippen LogP) is 1.68. The van der Waals surface area contributed by atoms with Gasteiger partial charge in [-0.15, -0.1) is 0 Å². The number of carbonyl (C=O) groups excluding carboxylic acids is 1. The molecule has 82 valence electrons. The largest absolute Gasteiger partial charge is 0.496 e. The summed E-state index contributed by atoms with van der Waals surface area (Å²) in [6, 6.07) is 1.73. The molecule has 15 heavy (non-hydrogen) atoms. The summed E-state index contributed by atoms with van der Waals surface area (Å²) in [5, 5.41) is 0. The molecule has 0 amide bonds. The fourth-order valence-electron chi connectivity index (χ4n) is 1.48. The van der Waals surface area contributed by atoms with Gasteiger partial charge in [-0.3, -0.25) is 0 Å². The highest BCUT2D eigenvalue weighted by molar-refractivity contribution is 5.96. The van der Waals surface area contributed by atoms with E-state index in [0.29, 0.717) is 22.6 Å². The van der Waals surface area contributed by atoms with E-state index in [1.165, 1.54) is 14.2 Å². The molecule has 0 radical (unpaired) electrons. The van der Waals surface area contributed by atoms with Crippen LogP contribution in [0, 0.1) is 13.8 Å². The topological polar surface area (TPSA) is 61.5 Å². The third-order valence-corrected chi connectivity index (χ3v) is 2.41. The summed E-state index contributed by atoms with van der Waals surface area (Å²) < 4.78 is 9.81. The third kappa shape index (κ3) is 1.88. The molecular weight excluding hydrogens is 194 g/mol. The van der Waals surface area contributed by atoms with Crippen LogP contribution in [-0.2, 0) is 4.74 Å². The van der Waals surface area contributed by atoms with E-state index in [2.05, 4.69) is 4.74 Å². The molecule has 0 fully saturated rings. The van der Waals surface area contributed by atoms with Crippen LogP contribution in [0.5, 0.6) is 5.75 Å². The SMILES string of the molecule is COC(=O)c1c(OC)cc(C)c(N)c1C. The zero-order valence-corrected chi connectivity index (χ0v) is 9.38. The minimum absolute atomic E-state index is 0.392. The summed E-state index contributed by atoms with van der Waals surface area (Å²) in [5.74, 6) is 0.0575. The molecule has 1 rings (SSSR count). The molecule has 0 bridgehead atoms. The van der Waals surface area contributed by atoms with Gasteiger partial charge in [0.25, 0.3) is 0 Å². The Hall–Kier alpha value is -1.71. The number of nitrogens with two attached hydrogens (primary N) is 1. The maximum atomic E-state index is 11.5. The molecule has 1 aromatic carbocycles. The fraction of sp³-hybridized carbons (Fsp3) is 0.364. The van der Waals surface area contributed by atoms with Gasteiger partial charge in [-0.1, -0.05) is 0 Å². The first-order valence-corrected chi connectivity index (χ1v) is 4.54.